The monoisotopic (exact) mass is 214 g/mol. The average Bonchev–Trinajstić information content (AvgIpc) is 2.47. The van der Waals surface area contributed by atoms with Crippen molar-refractivity contribution >= 4 is 11.6 Å². The summed E-state index contributed by atoms with van der Waals surface area (Å²) in [7, 11) is 0. The van der Waals surface area contributed by atoms with Gasteiger partial charge in [-0.05, 0) is 24.7 Å². The van der Waals surface area contributed by atoms with Crippen LogP contribution in [-0.2, 0) is 0 Å². The molecular formula is C11H19ClN2. The minimum absolute atomic E-state index is 0.419. The molecule has 0 amide bonds. The maximum absolute atomic E-state index is 6.13. The van der Waals surface area contributed by atoms with Gasteiger partial charge in [-0.2, -0.15) is 0 Å². The Morgan fingerprint density at radius 1 is 1.43 bits per heavy atom. The molecule has 0 bridgehead atoms. The second-order valence-corrected chi connectivity index (χ2v) is 5.26. The van der Waals surface area contributed by atoms with Crippen molar-refractivity contribution in [3.8, 4) is 0 Å². The van der Waals surface area contributed by atoms with Crippen LogP contribution < -0.4 is 5.73 Å². The van der Waals surface area contributed by atoms with Gasteiger partial charge in [0.05, 0.1) is 0 Å². The van der Waals surface area contributed by atoms with Crippen molar-refractivity contribution in [3.63, 3.8) is 0 Å². The Bertz CT molecular complexity index is 229. The van der Waals surface area contributed by atoms with Gasteiger partial charge in [0.1, 0.15) is 0 Å². The Morgan fingerprint density at radius 3 is 2.86 bits per heavy atom. The van der Waals surface area contributed by atoms with Crippen molar-refractivity contribution < 1.29 is 0 Å². The van der Waals surface area contributed by atoms with E-state index in [1.165, 1.54) is 25.8 Å². The summed E-state index contributed by atoms with van der Waals surface area (Å²) in [5, 5.41) is 0.747. The second kappa shape index (κ2) is 4.21. The lowest BCUT2D eigenvalue weighted by atomic mass is 9.78. The zero-order valence-electron chi connectivity index (χ0n) is 8.58. The molecule has 80 valence electrons. The molecule has 3 heteroatoms. The predicted octanol–water partition coefficient (Wildman–Crippen LogP) is 1.80. The molecule has 0 aromatic rings. The summed E-state index contributed by atoms with van der Waals surface area (Å²) in [6, 6.07) is 0.419. The standard InChI is InChI=1S/C11H19ClN2/c1-8(12)5-14-6-9-3-2-4-11(13)10(9)7-14/h9-11H,1-7,13H2. The molecule has 1 aliphatic heterocycles. The largest absolute Gasteiger partial charge is 0.327 e. The van der Waals surface area contributed by atoms with Gasteiger partial charge < -0.3 is 5.73 Å². The number of rotatable bonds is 2. The van der Waals surface area contributed by atoms with Gasteiger partial charge >= 0.3 is 0 Å². The maximum atomic E-state index is 6.13. The van der Waals surface area contributed by atoms with Crippen LogP contribution in [0, 0.1) is 11.8 Å². The molecule has 0 aromatic carbocycles. The molecule has 14 heavy (non-hydrogen) atoms. The van der Waals surface area contributed by atoms with Crippen LogP contribution in [0.1, 0.15) is 19.3 Å². The fourth-order valence-corrected chi connectivity index (χ4v) is 3.15. The van der Waals surface area contributed by atoms with Gasteiger partial charge in [-0.15, -0.1) is 0 Å². The highest BCUT2D eigenvalue weighted by Gasteiger charge is 2.38. The summed E-state index contributed by atoms with van der Waals surface area (Å²) in [5.41, 5.74) is 6.13. The molecule has 0 radical (unpaired) electrons. The first-order valence-electron chi connectivity index (χ1n) is 5.48. The van der Waals surface area contributed by atoms with Crippen LogP contribution >= 0.6 is 11.6 Å². The Kier molecular flexibility index (Phi) is 3.15. The number of nitrogens with zero attached hydrogens (tertiary/aromatic N) is 1. The Hall–Kier alpha value is -0.0500. The van der Waals surface area contributed by atoms with Gasteiger partial charge in [0.2, 0.25) is 0 Å². The minimum Gasteiger partial charge on any atom is -0.327 e. The molecule has 2 rings (SSSR count). The molecule has 2 nitrogen and oxygen atoms in total. The van der Waals surface area contributed by atoms with Crippen LogP contribution in [0.2, 0.25) is 0 Å². The number of halogens is 1. The van der Waals surface area contributed by atoms with Crippen molar-refractivity contribution in [2.75, 3.05) is 19.6 Å². The number of hydrogen-bond acceptors (Lipinski definition) is 2. The van der Waals surface area contributed by atoms with E-state index in [4.69, 9.17) is 17.3 Å². The van der Waals surface area contributed by atoms with Crippen molar-refractivity contribution in [1.82, 2.24) is 4.90 Å². The van der Waals surface area contributed by atoms with Crippen LogP contribution in [0.5, 0.6) is 0 Å². The molecule has 3 unspecified atom stereocenters. The third-order valence-electron chi connectivity index (χ3n) is 3.62. The topological polar surface area (TPSA) is 29.3 Å². The molecular weight excluding hydrogens is 196 g/mol. The van der Waals surface area contributed by atoms with E-state index < -0.39 is 0 Å². The summed E-state index contributed by atoms with van der Waals surface area (Å²) < 4.78 is 0. The molecule has 1 saturated heterocycles. The third kappa shape index (κ3) is 2.13. The van der Waals surface area contributed by atoms with E-state index in [9.17, 15) is 0 Å². The van der Waals surface area contributed by atoms with Crippen molar-refractivity contribution in [1.29, 1.82) is 0 Å². The molecule has 2 N–H and O–H groups in total. The van der Waals surface area contributed by atoms with Crippen LogP contribution in [0.25, 0.3) is 0 Å². The molecule has 1 aliphatic carbocycles. The van der Waals surface area contributed by atoms with Crippen LogP contribution in [0.3, 0.4) is 0 Å². The number of hydrogen-bond donors (Lipinski definition) is 1. The Morgan fingerprint density at radius 2 is 2.21 bits per heavy atom. The van der Waals surface area contributed by atoms with Gasteiger partial charge in [0.15, 0.2) is 0 Å². The zero-order valence-corrected chi connectivity index (χ0v) is 9.34. The number of nitrogens with two attached hydrogens (primary N) is 1. The lowest BCUT2D eigenvalue weighted by Gasteiger charge is -2.29. The first kappa shape index (κ1) is 10.5. The smallest absolute Gasteiger partial charge is 0.0335 e. The molecule has 3 atom stereocenters. The molecule has 1 saturated carbocycles. The highest BCUT2D eigenvalue weighted by Crippen LogP contribution is 2.35. The van der Waals surface area contributed by atoms with Crippen molar-refractivity contribution in [3.05, 3.63) is 11.6 Å². The van der Waals surface area contributed by atoms with E-state index in [1.54, 1.807) is 0 Å². The molecule has 1 heterocycles. The number of likely N-dealkylation sites (tertiary alicyclic amines) is 1. The summed E-state index contributed by atoms with van der Waals surface area (Å²) in [5.74, 6) is 1.52. The molecule has 2 aliphatic rings. The van der Waals surface area contributed by atoms with E-state index in [1.807, 2.05) is 0 Å². The van der Waals surface area contributed by atoms with E-state index in [-0.39, 0.29) is 0 Å². The summed E-state index contributed by atoms with van der Waals surface area (Å²) >= 11 is 5.82. The number of fused-ring (bicyclic) bond motifs is 1. The van der Waals surface area contributed by atoms with Gasteiger partial charge in [-0.25, -0.2) is 0 Å². The maximum Gasteiger partial charge on any atom is 0.0335 e. The fourth-order valence-electron chi connectivity index (χ4n) is 2.98. The zero-order chi connectivity index (χ0) is 10.1. The molecule has 0 spiro atoms. The second-order valence-electron chi connectivity index (χ2n) is 4.73. The SMILES string of the molecule is C=C(Cl)CN1CC2CCCC(N)C2C1. The minimum atomic E-state index is 0.419. The van der Waals surface area contributed by atoms with E-state index in [0.29, 0.717) is 12.0 Å². The first-order valence-corrected chi connectivity index (χ1v) is 5.86. The van der Waals surface area contributed by atoms with Crippen molar-refractivity contribution in [2.45, 2.75) is 25.3 Å². The highest BCUT2D eigenvalue weighted by molar-refractivity contribution is 6.29. The van der Waals surface area contributed by atoms with E-state index >= 15 is 0 Å². The Balaban J connectivity index is 1.93. The van der Waals surface area contributed by atoms with Gasteiger partial charge in [-0.1, -0.05) is 24.6 Å². The average molecular weight is 215 g/mol. The highest BCUT2D eigenvalue weighted by atomic mass is 35.5. The normalized spacial score (nSPS) is 38.3. The van der Waals surface area contributed by atoms with Gasteiger partial charge in [0.25, 0.3) is 0 Å². The Labute approximate surface area is 91.1 Å². The summed E-state index contributed by atoms with van der Waals surface area (Å²) in [6.45, 7) is 6.88. The third-order valence-corrected chi connectivity index (χ3v) is 3.74. The van der Waals surface area contributed by atoms with Crippen LogP contribution in [-0.4, -0.2) is 30.6 Å². The fraction of sp³-hybridized carbons (Fsp3) is 0.818. The quantitative estimate of drug-likeness (QED) is 0.760. The van der Waals surface area contributed by atoms with Gasteiger partial charge in [0, 0.05) is 30.7 Å². The van der Waals surface area contributed by atoms with E-state index in [0.717, 1.165) is 24.0 Å². The summed E-state index contributed by atoms with van der Waals surface area (Å²) in [6.07, 6.45) is 3.86. The van der Waals surface area contributed by atoms with E-state index in [2.05, 4.69) is 11.5 Å². The van der Waals surface area contributed by atoms with Crippen LogP contribution in [0.4, 0.5) is 0 Å². The van der Waals surface area contributed by atoms with Crippen molar-refractivity contribution in [2.24, 2.45) is 17.6 Å². The van der Waals surface area contributed by atoms with Crippen LogP contribution in [0.15, 0.2) is 11.6 Å². The summed E-state index contributed by atoms with van der Waals surface area (Å²) in [4.78, 5) is 2.40. The predicted molar refractivity (Wildman–Crippen MR) is 60.2 cm³/mol. The molecule has 0 aromatic heterocycles. The first-order chi connectivity index (χ1) is 6.66. The van der Waals surface area contributed by atoms with Gasteiger partial charge in [-0.3, -0.25) is 4.90 Å². The lowest BCUT2D eigenvalue weighted by molar-refractivity contribution is 0.259. The lowest BCUT2D eigenvalue weighted by Crippen LogP contribution is -2.38. The molecule has 2 fully saturated rings.